The molecule has 2 rings (SSSR count). The third-order valence-corrected chi connectivity index (χ3v) is 4.62. The van der Waals surface area contributed by atoms with Gasteiger partial charge in [0.05, 0.1) is 0 Å². The van der Waals surface area contributed by atoms with Gasteiger partial charge in [-0.25, -0.2) is 0 Å². The van der Waals surface area contributed by atoms with Crippen molar-refractivity contribution in [1.29, 1.82) is 0 Å². The van der Waals surface area contributed by atoms with Crippen molar-refractivity contribution in [3.63, 3.8) is 0 Å². The molecule has 0 spiro atoms. The molecule has 2 aliphatic carbocycles. The molecular formula is C10H17Br. The smallest absolute Gasteiger partial charge is 0.0176 e. The summed E-state index contributed by atoms with van der Waals surface area (Å²) in [7, 11) is 0. The van der Waals surface area contributed by atoms with Crippen LogP contribution in [0.1, 0.15) is 44.9 Å². The SMILES string of the molecule is BrC1CCCC1C1CCCC1. The fourth-order valence-electron chi connectivity index (χ4n) is 2.86. The maximum Gasteiger partial charge on any atom is 0.0176 e. The number of alkyl halides is 1. The van der Waals surface area contributed by atoms with Crippen molar-refractivity contribution in [2.24, 2.45) is 11.8 Å². The van der Waals surface area contributed by atoms with E-state index in [0.717, 1.165) is 16.7 Å². The fraction of sp³-hybridized carbons (Fsp3) is 1.00. The minimum absolute atomic E-state index is 0.866. The Kier molecular flexibility index (Phi) is 2.55. The summed E-state index contributed by atoms with van der Waals surface area (Å²) in [6.45, 7) is 0. The van der Waals surface area contributed by atoms with E-state index in [0.29, 0.717) is 0 Å². The molecule has 2 unspecified atom stereocenters. The van der Waals surface area contributed by atoms with Gasteiger partial charge in [-0.15, -0.1) is 0 Å². The van der Waals surface area contributed by atoms with Gasteiger partial charge in [-0.3, -0.25) is 0 Å². The fourth-order valence-corrected chi connectivity index (χ4v) is 3.88. The molecule has 0 N–H and O–H groups in total. The van der Waals surface area contributed by atoms with E-state index >= 15 is 0 Å². The first-order chi connectivity index (χ1) is 5.38. The lowest BCUT2D eigenvalue weighted by molar-refractivity contribution is 0.357. The van der Waals surface area contributed by atoms with E-state index < -0.39 is 0 Å². The van der Waals surface area contributed by atoms with Crippen LogP contribution < -0.4 is 0 Å². The Morgan fingerprint density at radius 2 is 1.55 bits per heavy atom. The first-order valence-corrected chi connectivity index (χ1v) is 5.93. The Labute approximate surface area is 77.9 Å². The summed E-state index contributed by atoms with van der Waals surface area (Å²) in [4.78, 5) is 0.866. The zero-order valence-corrected chi connectivity index (χ0v) is 8.65. The summed E-state index contributed by atoms with van der Waals surface area (Å²) in [5.74, 6) is 2.12. The van der Waals surface area contributed by atoms with Crippen LogP contribution in [0.15, 0.2) is 0 Å². The summed E-state index contributed by atoms with van der Waals surface area (Å²) in [5, 5.41) is 0. The Morgan fingerprint density at radius 1 is 0.818 bits per heavy atom. The van der Waals surface area contributed by atoms with Crippen molar-refractivity contribution in [2.45, 2.75) is 49.8 Å². The minimum atomic E-state index is 0.866. The molecular weight excluding hydrogens is 200 g/mol. The van der Waals surface area contributed by atoms with E-state index in [-0.39, 0.29) is 0 Å². The Balaban J connectivity index is 1.92. The van der Waals surface area contributed by atoms with Gasteiger partial charge in [0, 0.05) is 4.83 Å². The van der Waals surface area contributed by atoms with E-state index in [1.807, 2.05) is 0 Å². The van der Waals surface area contributed by atoms with Gasteiger partial charge < -0.3 is 0 Å². The summed E-state index contributed by atoms with van der Waals surface area (Å²) < 4.78 is 0. The van der Waals surface area contributed by atoms with Crippen LogP contribution >= 0.6 is 15.9 Å². The predicted octanol–water partition coefficient (Wildman–Crippen LogP) is 3.74. The lowest BCUT2D eigenvalue weighted by atomic mass is 9.90. The molecule has 0 nitrogen and oxygen atoms in total. The largest absolute Gasteiger partial charge is 0.0888 e. The molecule has 11 heavy (non-hydrogen) atoms. The number of hydrogen-bond donors (Lipinski definition) is 0. The molecule has 0 aromatic carbocycles. The van der Waals surface area contributed by atoms with Crippen molar-refractivity contribution in [3.05, 3.63) is 0 Å². The quantitative estimate of drug-likeness (QED) is 0.587. The molecule has 0 aromatic rings. The standard InChI is InChI=1S/C10H17Br/c11-10-7-3-6-9(10)8-4-1-2-5-8/h8-10H,1-7H2. The highest BCUT2D eigenvalue weighted by Crippen LogP contribution is 2.43. The van der Waals surface area contributed by atoms with Gasteiger partial charge in [0.1, 0.15) is 0 Å². The minimum Gasteiger partial charge on any atom is -0.0888 e. The first kappa shape index (κ1) is 8.10. The third-order valence-electron chi connectivity index (χ3n) is 3.49. The van der Waals surface area contributed by atoms with Gasteiger partial charge in [-0.1, -0.05) is 48.0 Å². The van der Waals surface area contributed by atoms with Crippen molar-refractivity contribution in [2.75, 3.05) is 0 Å². The summed E-state index contributed by atoms with van der Waals surface area (Å²) in [6, 6.07) is 0. The van der Waals surface area contributed by atoms with Crippen molar-refractivity contribution in [3.8, 4) is 0 Å². The number of hydrogen-bond acceptors (Lipinski definition) is 0. The van der Waals surface area contributed by atoms with Crippen molar-refractivity contribution in [1.82, 2.24) is 0 Å². The average Bonchev–Trinajstić information content (AvgIpc) is 2.55. The molecule has 0 aliphatic heterocycles. The van der Waals surface area contributed by atoms with Gasteiger partial charge in [-0.05, 0) is 24.7 Å². The maximum absolute atomic E-state index is 3.81. The van der Waals surface area contributed by atoms with Crippen molar-refractivity contribution < 1.29 is 0 Å². The van der Waals surface area contributed by atoms with E-state index in [2.05, 4.69) is 15.9 Å². The summed E-state index contributed by atoms with van der Waals surface area (Å²) >= 11 is 3.81. The molecule has 0 heterocycles. The molecule has 1 heteroatoms. The van der Waals surface area contributed by atoms with E-state index in [4.69, 9.17) is 0 Å². The van der Waals surface area contributed by atoms with Gasteiger partial charge in [-0.2, -0.15) is 0 Å². The van der Waals surface area contributed by atoms with E-state index in [1.165, 1.54) is 44.9 Å². The van der Waals surface area contributed by atoms with E-state index in [9.17, 15) is 0 Å². The average molecular weight is 217 g/mol. The molecule has 0 amide bonds. The monoisotopic (exact) mass is 216 g/mol. The molecule has 0 saturated heterocycles. The van der Waals surface area contributed by atoms with E-state index in [1.54, 1.807) is 0 Å². The molecule has 64 valence electrons. The molecule has 0 aromatic heterocycles. The zero-order chi connectivity index (χ0) is 7.68. The van der Waals surface area contributed by atoms with Gasteiger partial charge >= 0.3 is 0 Å². The molecule has 2 saturated carbocycles. The van der Waals surface area contributed by atoms with Crippen LogP contribution in [0.25, 0.3) is 0 Å². The second kappa shape index (κ2) is 3.47. The van der Waals surface area contributed by atoms with Crippen LogP contribution in [0, 0.1) is 11.8 Å². The maximum atomic E-state index is 3.81. The van der Waals surface area contributed by atoms with Crippen LogP contribution in [-0.2, 0) is 0 Å². The molecule has 2 fully saturated rings. The molecule has 2 aliphatic rings. The van der Waals surface area contributed by atoms with Crippen LogP contribution in [-0.4, -0.2) is 4.83 Å². The second-order valence-corrected chi connectivity index (χ2v) is 5.33. The lowest BCUT2D eigenvalue weighted by Crippen LogP contribution is -2.15. The zero-order valence-electron chi connectivity index (χ0n) is 7.06. The van der Waals surface area contributed by atoms with Crippen LogP contribution in [0.3, 0.4) is 0 Å². The number of halogens is 1. The topological polar surface area (TPSA) is 0 Å². The Hall–Kier alpha value is 0.480. The Bertz CT molecular complexity index is 127. The lowest BCUT2D eigenvalue weighted by Gasteiger charge is -2.20. The highest BCUT2D eigenvalue weighted by atomic mass is 79.9. The van der Waals surface area contributed by atoms with Crippen molar-refractivity contribution >= 4 is 15.9 Å². The molecule has 0 radical (unpaired) electrons. The first-order valence-electron chi connectivity index (χ1n) is 5.02. The van der Waals surface area contributed by atoms with Crippen LogP contribution in [0.2, 0.25) is 0 Å². The summed E-state index contributed by atoms with van der Waals surface area (Å²) in [6.07, 6.45) is 10.4. The predicted molar refractivity (Wildman–Crippen MR) is 52.0 cm³/mol. The van der Waals surface area contributed by atoms with Crippen LogP contribution in [0.5, 0.6) is 0 Å². The highest BCUT2D eigenvalue weighted by molar-refractivity contribution is 9.09. The second-order valence-electron chi connectivity index (χ2n) is 4.16. The highest BCUT2D eigenvalue weighted by Gasteiger charge is 2.33. The van der Waals surface area contributed by atoms with Gasteiger partial charge in [0.25, 0.3) is 0 Å². The number of rotatable bonds is 1. The van der Waals surface area contributed by atoms with Gasteiger partial charge in [0.2, 0.25) is 0 Å². The third kappa shape index (κ3) is 1.63. The molecule has 2 atom stereocenters. The van der Waals surface area contributed by atoms with Gasteiger partial charge in [0.15, 0.2) is 0 Å². The molecule has 0 bridgehead atoms. The summed E-state index contributed by atoms with van der Waals surface area (Å²) in [5.41, 5.74) is 0. The van der Waals surface area contributed by atoms with Crippen LogP contribution in [0.4, 0.5) is 0 Å². The Morgan fingerprint density at radius 3 is 2.09 bits per heavy atom. The normalized spacial score (nSPS) is 40.1.